The molecule has 126 valence electrons. The molecule has 0 spiro atoms. The Balaban J connectivity index is 1.93. The van der Waals surface area contributed by atoms with Crippen LogP contribution < -0.4 is 10.2 Å². The molecule has 0 saturated heterocycles. The summed E-state index contributed by atoms with van der Waals surface area (Å²) >= 11 is 9.49. The van der Waals surface area contributed by atoms with Crippen molar-refractivity contribution in [3.63, 3.8) is 0 Å². The predicted octanol–water partition coefficient (Wildman–Crippen LogP) is 4.64. The van der Waals surface area contributed by atoms with Crippen LogP contribution in [0.3, 0.4) is 0 Å². The number of carbonyl (C=O) groups excluding carboxylic acids is 1. The molecule has 1 unspecified atom stereocenters. The Bertz CT molecular complexity index is 737. The minimum absolute atomic E-state index is 0.325. The lowest BCUT2D eigenvalue weighted by molar-refractivity contribution is -0.127. The van der Waals surface area contributed by atoms with Crippen LogP contribution in [0.5, 0.6) is 5.75 Å². The molecule has 2 aromatic carbocycles. The summed E-state index contributed by atoms with van der Waals surface area (Å²) in [6, 6.07) is 11.2. The van der Waals surface area contributed by atoms with Crippen LogP contribution in [-0.4, -0.2) is 18.2 Å². The smallest absolute Gasteiger partial charge is 0.280 e. The maximum atomic E-state index is 12.0. The first-order valence-corrected chi connectivity index (χ1v) is 8.56. The second kappa shape index (κ2) is 8.31. The third-order valence-electron chi connectivity index (χ3n) is 3.35. The number of nitrogens with one attached hydrogen (secondary N) is 1. The fraction of sp³-hybridized carbons (Fsp3) is 0.222. The molecular weight excluding hydrogens is 392 g/mol. The monoisotopic (exact) mass is 408 g/mol. The van der Waals surface area contributed by atoms with Gasteiger partial charge in [0.1, 0.15) is 5.75 Å². The molecular formula is C18H18BrClN2O2. The molecule has 0 saturated carbocycles. The highest BCUT2D eigenvalue weighted by atomic mass is 79.9. The van der Waals surface area contributed by atoms with Gasteiger partial charge in [-0.3, -0.25) is 4.79 Å². The number of ether oxygens (including phenoxy) is 1. The molecule has 1 atom stereocenters. The number of amides is 1. The molecule has 0 aliphatic heterocycles. The van der Waals surface area contributed by atoms with Gasteiger partial charge in [0.25, 0.3) is 5.91 Å². The summed E-state index contributed by atoms with van der Waals surface area (Å²) in [7, 11) is 0. The molecule has 6 heteroatoms. The average Bonchev–Trinajstić information content (AvgIpc) is 2.54. The van der Waals surface area contributed by atoms with E-state index >= 15 is 0 Å². The Morgan fingerprint density at radius 2 is 1.83 bits per heavy atom. The molecule has 24 heavy (non-hydrogen) atoms. The number of hydrogen-bond acceptors (Lipinski definition) is 3. The van der Waals surface area contributed by atoms with E-state index in [4.69, 9.17) is 16.3 Å². The molecule has 0 bridgehead atoms. The number of rotatable bonds is 5. The summed E-state index contributed by atoms with van der Waals surface area (Å²) in [6.07, 6.45) is 0.903. The number of nitrogens with zero attached hydrogens (tertiary/aromatic N) is 1. The topological polar surface area (TPSA) is 50.7 Å². The Kier molecular flexibility index (Phi) is 6.40. The summed E-state index contributed by atoms with van der Waals surface area (Å²) in [5, 5.41) is 4.65. The Morgan fingerprint density at radius 1 is 1.25 bits per heavy atom. The highest BCUT2D eigenvalue weighted by molar-refractivity contribution is 9.10. The maximum absolute atomic E-state index is 12.0. The van der Waals surface area contributed by atoms with Gasteiger partial charge in [0, 0.05) is 9.50 Å². The van der Waals surface area contributed by atoms with Crippen molar-refractivity contribution in [3.8, 4) is 5.75 Å². The summed E-state index contributed by atoms with van der Waals surface area (Å²) in [4.78, 5) is 12.0. The molecule has 2 rings (SSSR count). The van der Waals surface area contributed by atoms with Crippen molar-refractivity contribution in [2.45, 2.75) is 26.9 Å². The second-order valence-corrected chi connectivity index (χ2v) is 6.71. The number of halogens is 2. The van der Waals surface area contributed by atoms with Crippen molar-refractivity contribution in [1.82, 2.24) is 5.43 Å². The largest absolute Gasteiger partial charge is 0.481 e. The SMILES string of the molecule is Cc1cc(OC(C)C(=O)N/N=C/c2ccc(Br)cc2)cc(C)c1Cl. The minimum atomic E-state index is -0.674. The lowest BCUT2D eigenvalue weighted by Crippen LogP contribution is -2.33. The number of hydrazone groups is 1. The van der Waals surface area contributed by atoms with Crippen molar-refractivity contribution in [2.24, 2.45) is 5.10 Å². The zero-order valence-corrected chi connectivity index (χ0v) is 16.0. The van der Waals surface area contributed by atoms with E-state index in [1.54, 1.807) is 13.1 Å². The Labute approximate surface area is 155 Å². The van der Waals surface area contributed by atoms with E-state index in [1.807, 2.05) is 50.2 Å². The van der Waals surface area contributed by atoms with E-state index in [1.165, 1.54) is 0 Å². The quantitative estimate of drug-likeness (QED) is 0.578. The van der Waals surface area contributed by atoms with Gasteiger partial charge in [0.05, 0.1) is 6.21 Å². The highest BCUT2D eigenvalue weighted by Gasteiger charge is 2.15. The molecule has 0 fully saturated rings. The first-order chi connectivity index (χ1) is 11.4. The number of hydrogen-bond donors (Lipinski definition) is 1. The van der Waals surface area contributed by atoms with E-state index in [2.05, 4.69) is 26.5 Å². The normalized spacial score (nSPS) is 12.2. The molecule has 0 heterocycles. The van der Waals surface area contributed by atoms with E-state index in [-0.39, 0.29) is 5.91 Å². The van der Waals surface area contributed by atoms with E-state index in [0.29, 0.717) is 10.8 Å². The first-order valence-electron chi connectivity index (χ1n) is 7.38. The van der Waals surface area contributed by atoms with Crippen LogP contribution in [0.25, 0.3) is 0 Å². The number of benzene rings is 2. The minimum Gasteiger partial charge on any atom is -0.481 e. The summed E-state index contributed by atoms with van der Waals surface area (Å²) in [6.45, 7) is 5.47. The van der Waals surface area contributed by atoms with Gasteiger partial charge in [-0.05, 0) is 61.7 Å². The molecule has 0 aliphatic carbocycles. The van der Waals surface area contributed by atoms with Crippen LogP contribution in [0.4, 0.5) is 0 Å². The van der Waals surface area contributed by atoms with Crippen LogP contribution in [0.15, 0.2) is 46.0 Å². The Hall–Kier alpha value is -1.85. The van der Waals surface area contributed by atoms with E-state index < -0.39 is 6.10 Å². The maximum Gasteiger partial charge on any atom is 0.280 e. The fourth-order valence-corrected chi connectivity index (χ4v) is 2.42. The zero-order valence-electron chi connectivity index (χ0n) is 13.6. The summed E-state index contributed by atoms with van der Waals surface area (Å²) in [5.74, 6) is 0.280. The van der Waals surface area contributed by atoms with Crippen molar-refractivity contribution >= 4 is 39.7 Å². The van der Waals surface area contributed by atoms with Gasteiger partial charge in [0.15, 0.2) is 6.10 Å². The summed E-state index contributed by atoms with van der Waals surface area (Å²) in [5.41, 5.74) is 5.18. The average molecular weight is 410 g/mol. The van der Waals surface area contributed by atoms with Gasteiger partial charge >= 0.3 is 0 Å². The molecule has 0 radical (unpaired) electrons. The third kappa shape index (κ3) is 5.08. The van der Waals surface area contributed by atoms with E-state index in [9.17, 15) is 4.79 Å². The highest BCUT2D eigenvalue weighted by Crippen LogP contribution is 2.26. The molecule has 2 aromatic rings. The number of aryl methyl sites for hydroxylation is 2. The molecule has 0 aromatic heterocycles. The Morgan fingerprint density at radius 3 is 2.42 bits per heavy atom. The van der Waals surface area contributed by atoms with Crippen LogP contribution in [0, 0.1) is 13.8 Å². The van der Waals surface area contributed by atoms with E-state index in [0.717, 1.165) is 21.2 Å². The predicted molar refractivity (Wildman–Crippen MR) is 101 cm³/mol. The fourth-order valence-electron chi connectivity index (χ4n) is 2.04. The van der Waals surface area contributed by atoms with Crippen LogP contribution >= 0.6 is 27.5 Å². The lowest BCUT2D eigenvalue weighted by Gasteiger charge is -2.14. The summed E-state index contributed by atoms with van der Waals surface area (Å²) < 4.78 is 6.65. The second-order valence-electron chi connectivity index (χ2n) is 5.42. The zero-order chi connectivity index (χ0) is 17.7. The van der Waals surface area contributed by atoms with Crippen molar-refractivity contribution in [2.75, 3.05) is 0 Å². The third-order valence-corrected chi connectivity index (χ3v) is 4.48. The van der Waals surface area contributed by atoms with Gasteiger partial charge in [-0.1, -0.05) is 39.7 Å². The molecule has 4 nitrogen and oxygen atoms in total. The van der Waals surface area contributed by atoms with Gasteiger partial charge in [0.2, 0.25) is 0 Å². The lowest BCUT2D eigenvalue weighted by atomic mass is 10.1. The van der Waals surface area contributed by atoms with Gasteiger partial charge < -0.3 is 4.74 Å². The standard InChI is InChI=1S/C18H18BrClN2O2/c1-11-8-16(9-12(2)17(11)20)24-13(3)18(23)22-21-10-14-4-6-15(19)7-5-14/h4-10,13H,1-3H3,(H,22,23)/b21-10+. The van der Waals surface area contributed by atoms with Crippen molar-refractivity contribution in [3.05, 3.63) is 62.6 Å². The molecule has 0 aliphatic rings. The molecule has 1 amide bonds. The van der Waals surface area contributed by atoms with Gasteiger partial charge in [-0.15, -0.1) is 0 Å². The van der Waals surface area contributed by atoms with Crippen molar-refractivity contribution < 1.29 is 9.53 Å². The van der Waals surface area contributed by atoms with Crippen LogP contribution in [-0.2, 0) is 4.79 Å². The van der Waals surface area contributed by atoms with Crippen LogP contribution in [0.1, 0.15) is 23.6 Å². The van der Waals surface area contributed by atoms with Gasteiger partial charge in [-0.2, -0.15) is 5.10 Å². The van der Waals surface area contributed by atoms with Crippen molar-refractivity contribution in [1.29, 1.82) is 0 Å². The molecule has 1 N–H and O–H groups in total. The van der Waals surface area contributed by atoms with Gasteiger partial charge in [-0.25, -0.2) is 5.43 Å². The number of carbonyl (C=O) groups is 1. The first kappa shape index (κ1) is 18.5. The van der Waals surface area contributed by atoms with Crippen LogP contribution in [0.2, 0.25) is 5.02 Å².